The Balaban J connectivity index is 1.62. The standard InChI is InChI=1S/C15H23N7O/c1-10(14-18-20-21-19-14)9-22(2)15(23)13-8-12(16-17-13)11-6-4-3-5-7-11/h8,10-11H,3-7,9H2,1-2H3,(H,16,17)(H,18,19,20,21)/t10-/m0/s1. The Morgan fingerprint density at radius 3 is 2.83 bits per heavy atom. The molecule has 1 aliphatic carbocycles. The summed E-state index contributed by atoms with van der Waals surface area (Å²) < 4.78 is 0. The third-order valence-corrected chi connectivity index (χ3v) is 4.56. The Hall–Kier alpha value is -2.25. The van der Waals surface area contributed by atoms with Gasteiger partial charge in [-0.15, -0.1) is 10.2 Å². The van der Waals surface area contributed by atoms with Crippen LogP contribution in [0.5, 0.6) is 0 Å². The molecule has 2 N–H and O–H groups in total. The van der Waals surface area contributed by atoms with Crippen molar-refractivity contribution in [2.45, 2.75) is 50.9 Å². The first-order valence-corrected chi connectivity index (χ1v) is 8.19. The van der Waals surface area contributed by atoms with E-state index >= 15 is 0 Å². The van der Waals surface area contributed by atoms with Crippen molar-refractivity contribution in [2.24, 2.45) is 0 Å². The zero-order valence-electron chi connectivity index (χ0n) is 13.6. The number of carbonyl (C=O) groups excluding carboxylic acids is 1. The fourth-order valence-electron chi connectivity index (χ4n) is 3.22. The summed E-state index contributed by atoms with van der Waals surface area (Å²) in [5.41, 5.74) is 1.57. The lowest BCUT2D eigenvalue weighted by atomic mass is 9.87. The van der Waals surface area contributed by atoms with Crippen LogP contribution >= 0.6 is 0 Å². The van der Waals surface area contributed by atoms with Gasteiger partial charge in [-0.3, -0.25) is 9.89 Å². The molecule has 0 bridgehead atoms. The summed E-state index contributed by atoms with van der Waals surface area (Å²) >= 11 is 0. The highest BCUT2D eigenvalue weighted by molar-refractivity contribution is 5.92. The zero-order valence-corrected chi connectivity index (χ0v) is 13.6. The number of H-pyrrole nitrogens is 2. The summed E-state index contributed by atoms with van der Waals surface area (Å²) in [6, 6.07) is 1.91. The van der Waals surface area contributed by atoms with Crippen LogP contribution in [0.4, 0.5) is 0 Å². The zero-order chi connectivity index (χ0) is 16.2. The number of nitrogens with one attached hydrogen (secondary N) is 2. The maximum Gasteiger partial charge on any atom is 0.274 e. The number of aromatic amines is 2. The van der Waals surface area contributed by atoms with Crippen LogP contribution < -0.4 is 0 Å². The van der Waals surface area contributed by atoms with Crippen LogP contribution in [0.3, 0.4) is 0 Å². The molecular weight excluding hydrogens is 294 g/mol. The van der Waals surface area contributed by atoms with Gasteiger partial charge in [-0.1, -0.05) is 31.4 Å². The largest absolute Gasteiger partial charge is 0.340 e. The monoisotopic (exact) mass is 317 g/mol. The molecule has 0 aliphatic heterocycles. The van der Waals surface area contributed by atoms with E-state index in [0.717, 1.165) is 5.69 Å². The van der Waals surface area contributed by atoms with Crippen LogP contribution in [0.1, 0.15) is 72.9 Å². The predicted octanol–water partition coefficient (Wildman–Crippen LogP) is 1.85. The van der Waals surface area contributed by atoms with Crippen molar-refractivity contribution in [2.75, 3.05) is 13.6 Å². The van der Waals surface area contributed by atoms with Gasteiger partial charge in [0.25, 0.3) is 5.91 Å². The molecule has 23 heavy (non-hydrogen) atoms. The molecule has 3 rings (SSSR count). The lowest BCUT2D eigenvalue weighted by Crippen LogP contribution is -2.31. The van der Waals surface area contributed by atoms with Crippen LogP contribution in [0.25, 0.3) is 0 Å². The molecule has 0 aromatic carbocycles. The van der Waals surface area contributed by atoms with Crippen molar-refractivity contribution in [1.82, 2.24) is 35.7 Å². The van der Waals surface area contributed by atoms with E-state index in [-0.39, 0.29) is 11.8 Å². The number of hydrogen-bond donors (Lipinski definition) is 2. The molecule has 8 heteroatoms. The molecule has 8 nitrogen and oxygen atoms in total. The first-order chi connectivity index (χ1) is 11.1. The van der Waals surface area contributed by atoms with E-state index in [1.807, 2.05) is 13.0 Å². The second-order valence-electron chi connectivity index (χ2n) is 6.40. The second kappa shape index (κ2) is 6.89. The lowest BCUT2D eigenvalue weighted by molar-refractivity contribution is 0.0781. The molecule has 0 unspecified atom stereocenters. The van der Waals surface area contributed by atoms with Gasteiger partial charge in [0.15, 0.2) is 5.82 Å². The van der Waals surface area contributed by atoms with E-state index < -0.39 is 0 Å². The van der Waals surface area contributed by atoms with Crippen LogP contribution in [0, 0.1) is 0 Å². The summed E-state index contributed by atoms with van der Waals surface area (Å²) in [6.45, 7) is 2.48. The molecule has 1 aliphatic rings. The third-order valence-electron chi connectivity index (χ3n) is 4.56. The van der Waals surface area contributed by atoms with Gasteiger partial charge in [0.1, 0.15) is 5.69 Å². The van der Waals surface area contributed by atoms with Crippen molar-refractivity contribution in [3.8, 4) is 0 Å². The number of nitrogens with zero attached hydrogens (tertiary/aromatic N) is 5. The lowest BCUT2D eigenvalue weighted by Gasteiger charge is -2.20. The fourth-order valence-corrected chi connectivity index (χ4v) is 3.22. The van der Waals surface area contributed by atoms with Gasteiger partial charge in [0, 0.05) is 31.1 Å². The number of tetrazole rings is 1. The Morgan fingerprint density at radius 1 is 1.35 bits per heavy atom. The van der Waals surface area contributed by atoms with E-state index in [4.69, 9.17) is 0 Å². The van der Waals surface area contributed by atoms with Crippen molar-refractivity contribution in [3.05, 3.63) is 23.3 Å². The van der Waals surface area contributed by atoms with Crippen LogP contribution in [0.2, 0.25) is 0 Å². The summed E-state index contributed by atoms with van der Waals surface area (Å²) in [4.78, 5) is 14.2. The molecule has 1 amide bonds. The predicted molar refractivity (Wildman–Crippen MR) is 84.0 cm³/mol. The number of carbonyl (C=O) groups is 1. The third kappa shape index (κ3) is 3.57. The molecule has 1 saturated carbocycles. The highest BCUT2D eigenvalue weighted by Crippen LogP contribution is 2.31. The second-order valence-corrected chi connectivity index (χ2v) is 6.40. The molecule has 2 heterocycles. The number of aromatic nitrogens is 6. The number of rotatable bonds is 5. The maximum atomic E-state index is 12.5. The highest BCUT2D eigenvalue weighted by Gasteiger charge is 2.23. The fraction of sp³-hybridized carbons (Fsp3) is 0.667. The molecule has 2 aromatic heterocycles. The van der Waals surface area contributed by atoms with Gasteiger partial charge in [0.05, 0.1) is 0 Å². The van der Waals surface area contributed by atoms with Crippen LogP contribution in [0.15, 0.2) is 6.07 Å². The van der Waals surface area contributed by atoms with Gasteiger partial charge >= 0.3 is 0 Å². The normalized spacial score (nSPS) is 17.1. The van der Waals surface area contributed by atoms with E-state index in [0.29, 0.717) is 24.0 Å². The van der Waals surface area contributed by atoms with E-state index in [1.54, 1.807) is 11.9 Å². The molecular formula is C15H23N7O. The number of hydrogen-bond acceptors (Lipinski definition) is 5. The highest BCUT2D eigenvalue weighted by atomic mass is 16.2. The average Bonchev–Trinajstić information content (AvgIpc) is 3.26. The maximum absolute atomic E-state index is 12.5. The Bertz CT molecular complexity index is 630. The quantitative estimate of drug-likeness (QED) is 0.876. The number of amides is 1. The summed E-state index contributed by atoms with van der Waals surface area (Å²) in [5.74, 6) is 1.05. The molecule has 1 atom stereocenters. The van der Waals surface area contributed by atoms with Crippen LogP contribution in [-0.4, -0.2) is 55.2 Å². The Labute approximate surface area is 135 Å². The molecule has 0 radical (unpaired) electrons. The summed E-state index contributed by atoms with van der Waals surface area (Å²) in [5, 5.41) is 21.2. The topological polar surface area (TPSA) is 103 Å². The molecule has 0 saturated heterocycles. The minimum atomic E-state index is -0.0846. The van der Waals surface area contributed by atoms with Crippen molar-refractivity contribution >= 4 is 5.91 Å². The van der Waals surface area contributed by atoms with E-state index in [1.165, 1.54) is 32.1 Å². The molecule has 124 valence electrons. The van der Waals surface area contributed by atoms with Gasteiger partial charge in [-0.25, -0.2) is 0 Å². The first-order valence-electron chi connectivity index (χ1n) is 8.19. The van der Waals surface area contributed by atoms with Crippen molar-refractivity contribution < 1.29 is 4.79 Å². The SMILES string of the molecule is C[C@@H](CN(C)C(=O)c1cc(C2CCCCC2)[nH]n1)c1nn[nH]n1. The molecule has 0 spiro atoms. The van der Waals surface area contributed by atoms with Crippen molar-refractivity contribution in [3.63, 3.8) is 0 Å². The van der Waals surface area contributed by atoms with E-state index in [2.05, 4.69) is 30.8 Å². The van der Waals surface area contributed by atoms with Gasteiger partial charge in [0.2, 0.25) is 0 Å². The summed E-state index contributed by atoms with van der Waals surface area (Å²) in [7, 11) is 1.77. The average molecular weight is 317 g/mol. The molecule has 2 aromatic rings. The molecule has 1 fully saturated rings. The van der Waals surface area contributed by atoms with Gasteiger partial charge in [-0.2, -0.15) is 10.3 Å². The van der Waals surface area contributed by atoms with Gasteiger partial charge in [-0.05, 0) is 18.9 Å². The Morgan fingerprint density at radius 2 is 2.13 bits per heavy atom. The van der Waals surface area contributed by atoms with Gasteiger partial charge < -0.3 is 4.90 Å². The summed E-state index contributed by atoms with van der Waals surface area (Å²) in [6.07, 6.45) is 6.19. The minimum Gasteiger partial charge on any atom is -0.340 e. The minimum absolute atomic E-state index is 0.0134. The smallest absolute Gasteiger partial charge is 0.274 e. The van der Waals surface area contributed by atoms with Crippen LogP contribution in [-0.2, 0) is 0 Å². The van der Waals surface area contributed by atoms with Crippen molar-refractivity contribution in [1.29, 1.82) is 0 Å². The Kier molecular flexibility index (Phi) is 4.68. The first kappa shape index (κ1) is 15.6. The van der Waals surface area contributed by atoms with E-state index in [9.17, 15) is 4.79 Å². The number of likely N-dealkylation sites (N-methyl/N-ethyl adjacent to an activating group) is 1.